The van der Waals surface area contributed by atoms with Gasteiger partial charge in [-0.2, -0.15) is 5.10 Å². The molecule has 8 nitrogen and oxygen atoms in total. The lowest BCUT2D eigenvalue weighted by Gasteiger charge is -2.05. The van der Waals surface area contributed by atoms with E-state index >= 15 is 0 Å². The summed E-state index contributed by atoms with van der Waals surface area (Å²) in [5.41, 5.74) is 3.43. The molecule has 0 unspecified atom stereocenters. The minimum absolute atomic E-state index is 0.0331. The molecule has 0 aliphatic heterocycles. The molecule has 24 heavy (non-hydrogen) atoms. The fourth-order valence-electron chi connectivity index (χ4n) is 1.79. The lowest BCUT2D eigenvalue weighted by Crippen LogP contribution is -2.34. The van der Waals surface area contributed by atoms with Gasteiger partial charge in [0.05, 0.1) is 17.7 Å². The number of non-ortho nitro benzene ring substituents is 1. The molecule has 0 aliphatic rings. The molecule has 0 amide bonds. The normalized spacial score (nSPS) is 10.7. The van der Waals surface area contributed by atoms with Crippen LogP contribution in [0, 0.1) is 10.1 Å². The number of nitrogens with zero attached hydrogens (tertiary/aromatic N) is 2. The Morgan fingerprint density at radius 3 is 2.79 bits per heavy atom. The van der Waals surface area contributed by atoms with Crippen molar-refractivity contribution in [3.05, 3.63) is 52.3 Å². The highest BCUT2D eigenvalue weighted by molar-refractivity contribution is 7.80. The van der Waals surface area contributed by atoms with Crippen molar-refractivity contribution in [2.75, 3.05) is 20.3 Å². The third-order valence-electron chi connectivity index (χ3n) is 2.94. The van der Waals surface area contributed by atoms with Gasteiger partial charge in [-0.25, -0.2) is 0 Å². The highest BCUT2D eigenvalue weighted by Crippen LogP contribution is 2.23. The van der Waals surface area contributed by atoms with Crippen molar-refractivity contribution in [3.8, 4) is 11.3 Å². The molecule has 0 aliphatic carbocycles. The zero-order valence-corrected chi connectivity index (χ0v) is 13.7. The van der Waals surface area contributed by atoms with E-state index < -0.39 is 4.92 Å². The van der Waals surface area contributed by atoms with Gasteiger partial charge in [-0.05, 0) is 36.5 Å². The van der Waals surface area contributed by atoms with E-state index in [9.17, 15) is 10.1 Å². The van der Waals surface area contributed by atoms with Crippen LogP contribution in [0.15, 0.2) is 45.9 Å². The number of nitro benzene ring substituents is 1. The summed E-state index contributed by atoms with van der Waals surface area (Å²) >= 11 is 5.02. The van der Waals surface area contributed by atoms with Crippen molar-refractivity contribution < 1.29 is 14.1 Å². The van der Waals surface area contributed by atoms with Gasteiger partial charge in [0.25, 0.3) is 5.69 Å². The Bertz CT molecular complexity index is 727. The molecule has 126 valence electrons. The van der Waals surface area contributed by atoms with E-state index in [0.717, 1.165) is 5.56 Å². The summed E-state index contributed by atoms with van der Waals surface area (Å²) in [6, 6.07) is 9.62. The first-order chi connectivity index (χ1) is 11.6. The van der Waals surface area contributed by atoms with Gasteiger partial charge >= 0.3 is 0 Å². The van der Waals surface area contributed by atoms with E-state index in [4.69, 9.17) is 21.4 Å². The molecule has 1 aromatic carbocycles. The summed E-state index contributed by atoms with van der Waals surface area (Å²) in [4.78, 5) is 10.2. The van der Waals surface area contributed by atoms with Gasteiger partial charge in [0.2, 0.25) is 0 Å². The van der Waals surface area contributed by atoms with Crippen LogP contribution in [0.25, 0.3) is 11.3 Å². The van der Waals surface area contributed by atoms with Crippen LogP contribution < -0.4 is 10.7 Å². The Hall–Kier alpha value is -2.78. The average Bonchev–Trinajstić information content (AvgIpc) is 3.04. The first-order valence-corrected chi connectivity index (χ1v) is 7.41. The Balaban J connectivity index is 1.91. The second-order valence-corrected chi connectivity index (χ2v) is 5.03. The SMILES string of the molecule is COCCNC(=S)N/N=C/c1ccc(-c2ccc([N+](=O)[O-])cc2)o1. The van der Waals surface area contributed by atoms with E-state index in [0.29, 0.717) is 29.8 Å². The first-order valence-electron chi connectivity index (χ1n) is 7.00. The molecular weight excluding hydrogens is 332 g/mol. The molecule has 0 bridgehead atoms. The van der Waals surface area contributed by atoms with Crippen LogP contribution in [0.3, 0.4) is 0 Å². The highest BCUT2D eigenvalue weighted by atomic mass is 32.1. The lowest BCUT2D eigenvalue weighted by atomic mass is 10.1. The first kappa shape index (κ1) is 17.6. The number of hydrogen-bond acceptors (Lipinski definition) is 6. The number of nitro groups is 1. The Kier molecular flexibility index (Phi) is 6.41. The molecule has 2 aromatic rings. The van der Waals surface area contributed by atoms with E-state index in [1.54, 1.807) is 31.4 Å². The molecule has 0 saturated heterocycles. The van der Waals surface area contributed by atoms with Gasteiger partial charge in [0, 0.05) is 31.4 Å². The fourth-order valence-corrected chi connectivity index (χ4v) is 1.94. The zero-order chi connectivity index (χ0) is 17.4. The second-order valence-electron chi connectivity index (χ2n) is 4.62. The van der Waals surface area contributed by atoms with Gasteiger partial charge in [0.15, 0.2) is 5.11 Å². The quantitative estimate of drug-likeness (QED) is 0.260. The summed E-state index contributed by atoms with van der Waals surface area (Å²) in [6.07, 6.45) is 1.49. The standard InChI is InChI=1S/C15H16N4O4S/c1-22-9-8-16-15(24)18-17-10-13-6-7-14(23-13)11-2-4-12(5-3-11)19(20)21/h2-7,10H,8-9H2,1H3,(H2,16,18,24)/b17-10+. The number of hydrazone groups is 1. The zero-order valence-electron chi connectivity index (χ0n) is 12.9. The molecule has 2 rings (SSSR count). The van der Waals surface area contributed by atoms with Crippen LogP contribution in [-0.2, 0) is 4.74 Å². The molecule has 0 spiro atoms. The van der Waals surface area contributed by atoms with Crippen molar-refractivity contribution in [2.24, 2.45) is 5.10 Å². The number of nitrogens with one attached hydrogen (secondary N) is 2. The van der Waals surface area contributed by atoms with Crippen LogP contribution in [0.5, 0.6) is 0 Å². The van der Waals surface area contributed by atoms with Crippen LogP contribution in [0.4, 0.5) is 5.69 Å². The molecular formula is C15H16N4O4S. The number of thiocarbonyl (C=S) groups is 1. The molecule has 1 aromatic heterocycles. The van der Waals surface area contributed by atoms with Crippen LogP contribution in [0.2, 0.25) is 0 Å². The molecule has 2 N–H and O–H groups in total. The summed E-state index contributed by atoms with van der Waals surface area (Å²) in [5, 5.41) is 17.9. The van der Waals surface area contributed by atoms with Crippen LogP contribution >= 0.6 is 12.2 Å². The fraction of sp³-hybridized carbons (Fsp3) is 0.200. The van der Waals surface area contributed by atoms with Gasteiger partial charge in [-0.3, -0.25) is 15.5 Å². The van der Waals surface area contributed by atoms with Crippen molar-refractivity contribution in [2.45, 2.75) is 0 Å². The van der Waals surface area contributed by atoms with Crippen molar-refractivity contribution >= 4 is 29.2 Å². The maximum Gasteiger partial charge on any atom is 0.269 e. The molecule has 0 radical (unpaired) electrons. The third-order valence-corrected chi connectivity index (χ3v) is 3.17. The molecule has 9 heteroatoms. The number of methoxy groups -OCH3 is 1. The van der Waals surface area contributed by atoms with Crippen LogP contribution in [-0.4, -0.2) is 36.5 Å². The minimum atomic E-state index is -0.445. The monoisotopic (exact) mass is 348 g/mol. The molecule has 0 atom stereocenters. The summed E-state index contributed by atoms with van der Waals surface area (Å²) in [7, 11) is 1.61. The van der Waals surface area contributed by atoms with Crippen molar-refractivity contribution in [3.63, 3.8) is 0 Å². The summed E-state index contributed by atoms with van der Waals surface area (Å²) in [6.45, 7) is 1.13. The van der Waals surface area contributed by atoms with E-state index in [1.807, 2.05) is 0 Å². The molecule has 0 fully saturated rings. The molecule has 1 heterocycles. The summed E-state index contributed by atoms with van der Waals surface area (Å²) < 4.78 is 10.5. The Labute approximate surface area is 143 Å². The van der Waals surface area contributed by atoms with Crippen LogP contribution in [0.1, 0.15) is 5.76 Å². The highest BCUT2D eigenvalue weighted by Gasteiger charge is 2.07. The van der Waals surface area contributed by atoms with Gasteiger partial charge in [-0.15, -0.1) is 0 Å². The Morgan fingerprint density at radius 1 is 1.38 bits per heavy atom. The van der Waals surface area contributed by atoms with E-state index in [2.05, 4.69) is 15.8 Å². The maximum atomic E-state index is 10.6. The van der Waals surface area contributed by atoms with Crippen molar-refractivity contribution in [1.29, 1.82) is 0 Å². The number of hydrogen-bond donors (Lipinski definition) is 2. The number of furan rings is 1. The van der Waals surface area contributed by atoms with E-state index in [-0.39, 0.29) is 5.69 Å². The molecule has 0 saturated carbocycles. The van der Waals surface area contributed by atoms with Gasteiger partial charge in [0.1, 0.15) is 11.5 Å². The number of benzene rings is 1. The largest absolute Gasteiger partial charge is 0.455 e. The predicted molar refractivity (Wildman–Crippen MR) is 94.0 cm³/mol. The van der Waals surface area contributed by atoms with Gasteiger partial charge in [-0.1, -0.05) is 0 Å². The second kappa shape index (κ2) is 8.75. The number of ether oxygens (including phenoxy) is 1. The minimum Gasteiger partial charge on any atom is -0.455 e. The van der Waals surface area contributed by atoms with Gasteiger partial charge < -0.3 is 14.5 Å². The average molecular weight is 348 g/mol. The smallest absolute Gasteiger partial charge is 0.269 e. The lowest BCUT2D eigenvalue weighted by molar-refractivity contribution is -0.384. The number of rotatable bonds is 7. The van der Waals surface area contributed by atoms with E-state index in [1.165, 1.54) is 18.3 Å². The predicted octanol–water partition coefficient (Wildman–Crippen LogP) is 2.30. The Morgan fingerprint density at radius 2 is 2.12 bits per heavy atom. The maximum absolute atomic E-state index is 10.6. The van der Waals surface area contributed by atoms with Crippen molar-refractivity contribution in [1.82, 2.24) is 10.7 Å². The topological polar surface area (TPSA) is 102 Å². The third kappa shape index (κ3) is 5.14. The summed E-state index contributed by atoms with van der Waals surface area (Å²) in [5.74, 6) is 1.11.